The molecule has 2 atom stereocenters. The molecule has 0 aromatic carbocycles. The molecule has 0 bridgehead atoms. The molecule has 1 N–H and O–H groups in total. The van der Waals surface area contributed by atoms with E-state index < -0.39 is 15.3 Å². The van der Waals surface area contributed by atoms with Crippen LogP contribution in [0.3, 0.4) is 0 Å². The molecule has 17 heavy (non-hydrogen) atoms. The van der Waals surface area contributed by atoms with Gasteiger partial charge in [-0.3, -0.25) is 0 Å². The topological polar surface area (TPSA) is 58.6 Å². The van der Waals surface area contributed by atoms with Crippen molar-refractivity contribution >= 4 is 10.0 Å². The molecule has 0 amide bonds. The van der Waals surface area contributed by atoms with E-state index in [9.17, 15) is 8.42 Å². The van der Waals surface area contributed by atoms with Gasteiger partial charge in [0.1, 0.15) is 0 Å². The Morgan fingerprint density at radius 3 is 2.59 bits per heavy atom. The zero-order chi connectivity index (χ0) is 13.1. The molecule has 0 aromatic heterocycles. The third kappa shape index (κ3) is 3.91. The van der Waals surface area contributed by atoms with Gasteiger partial charge in [-0.2, -0.15) is 4.31 Å². The maximum absolute atomic E-state index is 12.3. The van der Waals surface area contributed by atoms with Crippen LogP contribution in [0.4, 0.5) is 0 Å². The lowest BCUT2D eigenvalue weighted by Gasteiger charge is -2.34. The first-order valence-electron chi connectivity index (χ1n) is 6.17. The molecule has 0 aromatic rings. The van der Waals surface area contributed by atoms with Crippen molar-refractivity contribution in [1.29, 1.82) is 0 Å². The van der Waals surface area contributed by atoms with Gasteiger partial charge >= 0.3 is 0 Å². The molecule has 1 saturated heterocycles. The van der Waals surface area contributed by atoms with Crippen molar-refractivity contribution in [1.82, 2.24) is 9.62 Å². The summed E-state index contributed by atoms with van der Waals surface area (Å²) < 4.78 is 31.5. The van der Waals surface area contributed by atoms with Crippen LogP contribution in [0.25, 0.3) is 0 Å². The zero-order valence-electron chi connectivity index (χ0n) is 11.1. The molecule has 1 aliphatic rings. The first-order valence-corrected chi connectivity index (χ1v) is 7.67. The lowest BCUT2D eigenvalue weighted by atomic mass is 10.3. The van der Waals surface area contributed by atoms with Crippen LogP contribution in [0.5, 0.6) is 0 Å². The van der Waals surface area contributed by atoms with E-state index >= 15 is 0 Å². The van der Waals surface area contributed by atoms with Crippen LogP contribution in [0.15, 0.2) is 0 Å². The predicted octanol–water partition coefficient (Wildman–Crippen LogP) is 0.423. The average Bonchev–Trinajstić information content (AvgIpc) is 2.26. The summed E-state index contributed by atoms with van der Waals surface area (Å²) in [6.07, 6.45) is 0. The molecule has 6 heteroatoms. The fourth-order valence-electron chi connectivity index (χ4n) is 1.83. The highest BCUT2D eigenvalue weighted by molar-refractivity contribution is 7.89. The van der Waals surface area contributed by atoms with Gasteiger partial charge in [0.2, 0.25) is 10.0 Å². The van der Waals surface area contributed by atoms with E-state index in [0.29, 0.717) is 32.3 Å². The summed E-state index contributed by atoms with van der Waals surface area (Å²) in [6, 6.07) is 0.241. The third-order valence-electron chi connectivity index (χ3n) is 2.96. The van der Waals surface area contributed by atoms with E-state index in [0.717, 1.165) is 0 Å². The Hall–Kier alpha value is -0.170. The number of hydrogen-bond acceptors (Lipinski definition) is 4. The van der Waals surface area contributed by atoms with Gasteiger partial charge in [-0.15, -0.1) is 0 Å². The van der Waals surface area contributed by atoms with E-state index in [1.165, 1.54) is 0 Å². The summed E-state index contributed by atoms with van der Waals surface area (Å²) in [6.45, 7) is 9.61. The molecular weight excluding hydrogens is 240 g/mol. The predicted molar refractivity (Wildman–Crippen MR) is 68.5 cm³/mol. The van der Waals surface area contributed by atoms with Crippen molar-refractivity contribution in [3.8, 4) is 0 Å². The van der Waals surface area contributed by atoms with Crippen molar-refractivity contribution in [2.75, 3.05) is 26.3 Å². The second-order valence-electron chi connectivity index (χ2n) is 4.95. The molecule has 102 valence electrons. The van der Waals surface area contributed by atoms with E-state index in [-0.39, 0.29) is 6.04 Å². The summed E-state index contributed by atoms with van der Waals surface area (Å²) in [5, 5.41) is 2.77. The van der Waals surface area contributed by atoms with Crippen LogP contribution in [0.2, 0.25) is 0 Å². The molecule has 1 fully saturated rings. The molecular formula is C11H24N2O3S. The highest BCUT2D eigenvalue weighted by Gasteiger charge is 2.34. The Bertz CT molecular complexity index is 330. The van der Waals surface area contributed by atoms with Gasteiger partial charge in [0.25, 0.3) is 0 Å². The van der Waals surface area contributed by atoms with Crippen molar-refractivity contribution in [3.05, 3.63) is 0 Å². The molecule has 0 radical (unpaired) electrons. The van der Waals surface area contributed by atoms with Crippen LogP contribution in [-0.2, 0) is 14.8 Å². The zero-order valence-corrected chi connectivity index (χ0v) is 12.0. The monoisotopic (exact) mass is 264 g/mol. The second kappa shape index (κ2) is 6.13. The fourth-order valence-corrected chi connectivity index (χ4v) is 3.49. The molecule has 2 unspecified atom stereocenters. The molecule has 1 heterocycles. The number of hydrogen-bond donors (Lipinski definition) is 1. The van der Waals surface area contributed by atoms with Crippen molar-refractivity contribution in [2.24, 2.45) is 0 Å². The number of morpholine rings is 1. The van der Waals surface area contributed by atoms with Gasteiger partial charge in [-0.25, -0.2) is 8.42 Å². The van der Waals surface area contributed by atoms with Gasteiger partial charge in [-0.05, 0) is 13.8 Å². The summed E-state index contributed by atoms with van der Waals surface area (Å²) in [7, 11) is -3.22. The molecule has 1 rings (SSSR count). The van der Waals surface area contributed by atoms with Crippen molar-refractivity contribution in [2.45, 2.75) is 45.0 Å². The summed E-state index contributed by atoms with van der Waals surface area (Å²) in [5.41, 5.74) is 0. The van der Waals surface area contributed by atoms with Crippen LogP contribution >= 0.6 is 0 Å². The Kier molecular flexibility index (Phi) is 5.37. The van der Waals surface area contributed by atoms with E-state index in [2.05, 4.69) is 5.32 Å². The van der Waals surface area contributed by atoms with Crippen molar-refractivity contribution < 1.29 is 13.2 Å². The van der Waals surface area contributed by atoms with Crippen LogP contribution < -0.4 is 5.32 Å². The van der Waals surface area contributed by atoms with Gasteiger partial charge in [0.05, 0.1) is 18.5 Å². The van der Waals surface area contributed by atoms with Crippen LogP contribution in [0.1, 0.15) is 27.7 Å². The van der Waals surface area contributed by atoms with Gasteiger partial charge < -0.3 is 10.1 Å². The van der Waals surface area contributed by atoms with Crippen LogP contribution in [-0.4, -0.2) is 56.4 Å². The van der Waals surface area contributed by atoms with E-state index in [4.69, 9.17) is 4.74 Å². The van der Waals surface area contributed by atoms with Crippen molar-refractivity contribution in [3.63, 3.8) is 0 Å². The molecule has 0 spiro atoms. The maximum Gasteiger partial charge on any atom is 0.218 e. The standard InChI is InChI=1S/C11H24N2O3S/c1-9(2)12-7-11(4)17(14,15)13-5-6-16-8-10(13)3/h9-12H,5-8H2,1-4H3. The second-order valence-corrected chi connectivity index (χ2v) is 7.26. The first kappa shape index (κ1) is 14.9. The molecule has 5 nitrogen and oxygen atoms in total. The molecule has 1 aliphatic heterocycles. The minimum absolute atomic E-state index is 0.0600. The maximum atomic E-state index is 12.3. The Morgan fingerprint density at radius 2 is 2.06 bits per heavy atom. The molecule has 0 saturated carbocycles. The minimum atomic E-state index is -3.22. The first-order chi connectivity index (χ1) is 7.85. The summed E-state index contributed by atoms with van der Waals surface area (Å²) >= 11 is 0. The minimum Gasteiger partial charge on any atom is -0.378 e. The van der Waals surface area contributed by atoms with E-state index in [1.807, 2.05) is 20.8 Å². The van der Waals surface area contributed by atoms with E-state index in [1.54, 1.807) is 11.2 Å². The Balaban J connectivity index is 2.65. The van der Waals surface area contributed by atoms with Gasteiger partial charge in [0.15, 0.2) is 0 Å². The Labute approximate surface area is 105 Å². The lowest BCUT2D eigenvalue weighted by molar-refractivity contribution is 0.0389. The largest absolute Gasteiger partial charge is 0.378 e. The highest BCUT2D eigenvalue weighted by Crippen LogP contribution is 2.16. The van der Waals surface area contributed by atoms with Gasteiger partial charge in [0, 0.05) is 25.2 Å². The number of nitrogens with zero attached hydrogens (tertiary/aromatic N) is 1. The number of nitrogens with one attached hydrogen (secondary N) is 1. The Morgan fingerprint density at radius 1 is 1.41 bits per heavy atom. The average molecular weight is 264 g/mol. The fraction of sp³-hybridized carbons (Fsp3) is 1.00. The quantitative estimate of drug-likeness (QED) is 0.782. The summed E-state index contributed by atoms with van der Waals surface area (Å²) in [4.78, 5) is 0. The van der Waals surface area contributed by atoms with Crippen LogP contribution in [0, 0.1) is 0 Å². The third-order valence-corrected chi connectivity index (χ3v) is 5.34. The normalized spacial score (nSPS) is 25.1. The number of rotatable bonds is 5. The highest BCUT2D eigenvalue weighted by atomic mass is 32.2. The number of ether oxygens (including phenoxy) is 1. The molecule has 0 aliphatic carbocycles. The SMILES string of the molecule is CC(C)NCC(C)S(=O)(=O)N1CCOCC1C. The van der Waals surface area contributed by atoms with Gasteiger partial charge in [-0.1, -0.05) is 13.8 Å². The lowest BCUT2D eigenvalue weighted by Crippen LogP contribution is -2.51. The summed E-state index contributed by atoms with van der Waals surface area (Å²) in [5.74, 6) is 0. The number of sulfonamides is 1. The smallest absolute Gasteiger partial charge is 0.218 e.